The summed E-state index contributed by atoms with van der Waals surface area (Å²) in [6.45, 7) is 1.73. The fourth-order valence-corrected chi connectivity index (χ4v) is 2.01. The highest BCUT2D eigenvalue weighted by Gasteiger charge is 2.10. The second-order valence-electron chi connectivity index (χ2n) is 4.71. The number of carbonyl (C=O) groups is 1. The molecule has 2 aromatic rings. The monoisotopic (exact) mass is 278 g/mol. The molecule has 2 aromatic carbocycles. The van der Waals surface area contributed by atoms with Gasteiger partial charge in [-0.1, -0.05) is 12.1 Å². The largest absolute Gasteiger partial charge is 0.299 e. The Hall–Kier alpha value is -2.10. The predicted molar refractivity (Wildman–Crippen MR) is 69.9 cm³/mol. The topological polar surface area (TPSA) is 17.1 Å². The van der Waals surface area contributed by atoms with Crippen LogP contribution in [0.15, 0.2) is 36.4 Å². The van der Waals surface area contributed by atoms with Crippen LogP contribution in [-0.2, 0) is 17.6 Å². The van der Waals surface area contributed by atoms with E-state index in [4.69, 9.17) is 0 Å². The average Bonchev–Trinajstić information content (AvgIpc) is 2.37. The summed E-state index contributed by atoms with van der Waals surface area (Å²) >= 11 is 0. The fraction of sp³-hybridized carbons (Fsp3) is 0.188. The third-order valence-electron chi connectivity index (χ3n) is 3.08. The lowest BCUT2D eigenvalue weighted by Gasteiger charge is -2.06. The second kappa shape index (κ2) is 5.90. The summed E-state index contributed by atoms with van der Waals surface area (Å²) in [5.74, 6) is -2.38. The highest BCUT2D eigenvalue weighted by molar-refractivity contribution is 5.83. The SMILES string of the molecule is Cc1cc(F)ccc1CC(=O)Cc1ccc(F)c(F)c1. The molecule has 0 aliphatic rings. The maximum absolute atomic E-state index is 13.0. The average molecular weight is 278 g/mol. The lowest BCUT2D eigenvalue weighted by molar-refractivity contribution is -0.117. The van der Waals surface area contributed by atoms with Crippen LogP contribution in [0.5, 0.6) is 0 Å². The van der Waals surface area contributed by atoms with Gasteiger partial charge in [-0.2, -0.15) is 0 Å². The molecule has 2 rings (SSSR count). The molecule has 0 radical (unpaired) electrons. The molecule has 0 bridgehead atoms. The zero-order chi connectivity index (χ0) is 14.7. The van der Waals surface area contributed by atoms with Gasteiger partial charge in [0.25, 0.3) is 0 Å². The molecule has 0 N–H and O–H groups in total. The van der Waals surface area contributed by atoms with Gasteiger partial charge in [-0.05, 0) is 47.9 Å². The summed E-state index contributed by atoms with van der Waals surface area (Å²) < 4.78 is 38.8. The number of carbonyl (C=O) groups excluding carboxylic acids is 1. The van der Waals surface area contributed by atoms with Crippen LogP contribution in [0, 0.1) is 24.4 Å². The Morgan fingerprint density at radius 2 is 1.70 bits per heavy atom. The predicted octanol–water partition coefficient (Wildman–Crippen LogP) is 3.77. The van der Waals surface area contributed by atoms with Crippen LogP contribution in [0.2, 0.25) is 0 Å². The van der Waals surface area contributed by atoms with E-state index in [1.807, 2.05) is 0 Å². The fourth-order valence-electron chi connectivity index (χ4n) is 2.01. The van der Waals surface area contributed by atoms with E-state index >= 15 is 0 Å². The Kier molecular flexibility index (Phi) is 4.23. The molecule has 0 unspecified atom stereocenters. The molecule has 0 aliphatic carbocycles. The van der Waals surface area contributed by atoms with E-state index in [0.29, 0.717) is 11.1 Å². The minimum Gasteiger partial charge on any atom is -0.299 e. The third-order valence-corrected chi connectivity index (χ3v) is 3.08. The van der Waals surface area contributed by atoms with Gasteiger partial charge in [-0.15, -0.1) is 0 Å². The Balaban J connectivity index is 2.07. The van der Waals surface area contributed by atoms with Crippen molar-refractivity contribution in [2.45, 2.75) is 19.8 Å². The summed E-state index contributed by atoms with van der Waals surface area (Å²) in [5.41, 5.74) is 1.86. The lowest BCUT2D eigenvalue weighted by Crippen LogP contribution is -2.08. The van der Waals surface area contributed by atoms with Crippen molar-refractivity contribution in [1.82, 2.24) is 0 Å². The van der Waals surface area contributed by atoms with Crippen molar-refractivity contribution in [3.8, 4) is 0 Å². The maximum Gasteiger partial charge on any atom is 0.159 e. The van der Waals surface area contributed by atoms with Crippen LogP contribution in [-0.4, -0.2) is 5.78 Å². The molecule has 0 saturated heterocycles. The summed E-state index contributed by atoms with van der Waals surface area (Å²) in [4.78, 5) is 11.9. The number of halogens is 3. The molecule has 104 valence electrons. The normalized spacial score (nSPS) is 10.6. The van der Waals surface area contributed by atoms with Crippen molar-refractivity contribution in [1.29, 1.82) is 0 Å². The first kappa shape index (κ1) is 14.3. The molecule has 0 atom stereocenters. The Morgan fingerprint density at radius 1 is 0.950 bits per heavy atom. The number of ketones is 1. The molecule has 0 spiro atoms. The summed E-state index contributed by atoms with van der Waals surface area (Å²) in [5, 5.41) is 0. The standard InChI is InChI=1S/C16H13F3O/c1-10-6-13(17)4-3-12(10)9-14(20)7-11-2-5-15(18)16(19)8-11/h2-6,8H,7,9H2,1H3. The highest BCUT2D eigenvalue weighted by atomic mass is 19.2. The lowest BCUT2D eigenvalue weighted by atomic mass is 9.99. The molecule has 20 heavy (non-hydrogen) atoms. The van der Waals surface area contributed by atoms with Crippen LogP contribution in [0.25, 0.3) is 0 Å². The molecule has 0 heterocycles. The summed E-state index contributed by atoms with van der Waals surface area (Å²) in [7, 11) is 0. The maximum atomic E-state index is 13.0. The molecule has 0 aromatic heterocycles. The van der Waals surface area contributed by atoms with E-state index in [1.165, 1.54) is 18.2 Å². The third kappa shape index (κ3) is 3.47. The summed E-state index contributed by atoms with van der Waals surface area (Å²) in [6, 6.07) is 7.63. The number of Topliss-reactive ketones (excluding diaryl/α,β-unsaturated/α-hetero) is 1. The number of hydrogen-bond donors (Lipinski definition) is 0. The first-order valence-electron chi connectivity index (χ1n) is 6.16. The van der Waals surface area contributed by atoms with Crippen molar-refractivity contribution in [2.75, 3.05) is 0 Å². The van der Waals surface area contributed by atoms with E-state index < -0.39 is 11.6 Å². The van der Waals surface area contributed by atoms with E-state index in [-0.39, 0.29) is 24.4 Å². The molecular formula is C16H13F3O. The smallest absolute Gasteiger partial charge is 0.159 e. The highest BCUT2D eigenvalue weighted by Crippen LogP contribution is 2.14. The zero-order valence-corrected chi connectivity index (χ0v) is 10.9. The minimum absolute atomic E-state index is 0.0218. The van der Waals surface area contributed by atoms with Crippen LogP contribution >= 0.6 is 0 Å². The first-order chi connectivity index (χ1) is 9.45. The van der Waals surface area contributed by atoms with Crippen molar-refractivity contribution in [3.05, 3.63) is 70.5 Å². The molecule has 0 fully saturated rings. The van der Waals surface area contributed by atoms with E-state index in [9.17, 15) is 18.0 Å². The van der Waals surface area contributed by atoms with Gasteiger partial charge in [-0.25, -0.2) is 13.2 Å². The molecule has 4 heteroatoms. The quantitative estimate of drug-likeness (QED) is 0.832. The van der Waals surface area contributed by atoms with E-state index in [2.05, 4.69) is 0 Å². The molecule has 0 saturated carbocycles. The van der Waals surface area contributed by atoms with Gasteiger partial charge in [0.15, 0.2) is 11.6 Å². The van der Waals surface area contributed by atoms with Crippen LogP contribution in [0.1, 0.15) is 16.7 Å². The van der Waals surface area contributed by atoms with Crippen molar-refractivity contribution in [2.24, 2.45) is 0 Å². The van der Waals surface area contributed by atoms with E-state index in [1.54, 1.807) is 13.0 Å². The number of hydrogen-bond acceptors (Lipinski definition) is 1. The van der Waals surface area contributed by atoms with Gasteiger partial charge in [0.05, 0.1) is 0 Å². The van der Waals surface area contributed by atoms with Gasteiger partial charge in [0, 0.05) is 12.8 Å². The van der Waals surface area contributed by atoms with Crippen molar-refractivity contribution < 1.29 is 18.0 Å². The van der Waals surface area contributed by atoms with Gasteiger partial charge in [0.1, 0.15) is 11.6 Å². The Morgan fingerprint density at radius 3 is 2.35 bits per heavy atom. The van der Waals surface area contributed by atoms with Gasteiger partial charge < -0.3 is 0 Å². The molecule has 0 amide bonds. The van der Waals surface area contributed by atoms with Gasteiger partial charge >= 0.3 is 0 Å². The van der Waals surface area contributed by atoms with Crippen LogP contribution in [0.4, 0.5) is 13.2 Å². The molecule has 1 nitrogen and oxygen atoms in total. The Bertz CT molecular complexity index is 650. The van der Waals surface area contributed by atoms with Crippen molar-refractivity contribution >= 4 is 5.78 Å². The first-order valence-corrected chi connectivity index (χ1v) is 6.16. The van der Waals surface area contributed by atoms with Gasteiger partial charge in [0.2, 0.25) is 0 Å². The molecular weight excluding hydrogens is 265 g/mol. The van der Waals surface area contributed by atoms with Crippen LogP contribution in [0.3, 0.4) is 0 Å². The number of aryl methyl sites for hydroxylation is 1. The van der Waals surface area contributed by atoms with Crippen LogP contribution < -0.4 is 0 Å². The summed E-state index contributed by atoms with van der Waals surface area (Å²) in [6.07, 6.45) is 0.166. The molecule has 0 aliphatic heterocycles. The Labute approximate surface area is 115 Å². The van der Waals surface area contributed by atoms with Gasteiger partial charge in [-0.3, -0.25) is 4.79 Å². The number of benzene rings is 2. The minimum atomic E-state index is -0.965. The van der Waals surface area contributed by atoms with E-state index in [0.717, 1.165) is 17.7 Å². The zero-order valence-electron chi connectivity index (χ0n) is 10.9. The second-order valence-corrected chi connectivity index (χ2v) is 4.71. The number of rotatable bonds is 4. The van der Waals surface area contributed by atoms with Crippen molar-refractivity contribution in [3.63, 3.8) is 0 Å².